The molecule has 156 valence electrons. The highest BCUT2D eigenvalue weighted by atomic mass is 79.9. The van der Waals surface area contributed by atoms with Gasteiger partial charge in [0.25, 0.3) is 5.91 Å². The third-order valence-electron chi connectivity index (χ3n) is 4.33. The van der Waals surface area contributed by atoms with E-state index in [-0.39, 0.29) is 5.57 Å². The van der Waals surface area contributed by atoms with Gasteiger partial charge in [-0.05, 0) is 55.0 Å². The summed E-state index contributed by atoms with van der Waals surface area (Å²) in [5.41, 5.74) is 3.14. The number of nitrogens with one attached hydrogen (secondary N) is 1. The Morgan fingerprint density at radius 2 is 1.84 bits per heavy atom. The number of halogens is 3. The van der Waals surface area contributed by atoms with Gasteiger partial charge in [-0.3, -0.25) is 4.79 Å². The maximum atomic E-state index is 12.6. The van der Waals surface area contributed by atoms with Crippen molar-refractivity contribution in [1.82, 2.24) is 0 Å². The number of carbonyl (C=O) groups excluding carboxylic acids is 1. The van der Waals surface area contributed by atoms with E-state index in [4.69, 9.17) is 27.9 Å². The Kier molecular flexibility index (Phi) is 7.75. The molecule has 0 saturated heterocycles. The molecular weight excluding hydrogens is 499 g/mol. The number of amides is 1. The number of aryl methyl sites for hydroxylation is 1. The molecule has 0 spiro atoms. The van der Waals surface area contributed by atoms with Crippen LogP contribution in [-0.4, -0.2) is 5.91 Å². The number of hydrogen-bond acceptors (Lipinski definition) is 3. The first-order chi connectivity index (χ1) is 14.9. The summed E-state index contributed by atoms with van der Waals surface area (Å²) in [6, 6.07) is 20.1. The lowest BCUT2D eigenvalue weighted by atomic mass is 10.1. The SMILES string of the molecule is Cc1ccc(COc2ccc(Br)cc2/C=C(\C#N)C(=O)Nc2ccc(Cl)c(Cl)c2)cc1. The van der Waals surface area contributed by atoms with E-state index in [1.165, 1.54) is 17.7 Å². The van der Waals surface area contributed by atoms with Gasteiger partial charge in [0.1, 0.15) is 24.0 Å². The van der Waals surface area contributed by atoms with Crippen LogP contribution in [0.2, 0.25) is 10.0 Å². The largest absolute Gasteiger partial charge is 0.488 e. The number of ether oxygens (including phenoxy) is 1. The molecule has 3 rings (SSSR count). The molecule has 1 N–H and O–H groups in total. The molecule has 0 bridgehead atoms. The van der Waals surface area contributed by atoms with Gasteiger partial charge in [0, 0.05) is 15.7 Å². The van der Waals surface area contributed by atoms with Crippen molar-refractivity contribution in [1.29, 1.82) is 5.26 Å². The average molecular weight is 516 g/mol. The molecular formula is C24H17BrCl2N2O2. The normalized spacial score (nSPS) is 11.0. The summed E-state index contributed by atoms with van der Waals surface area (Å²) >= 11 is 15.3. The quantitative estimate of drug-likeness (QED) is 0.279. The zero-order valence-corrected chi connectivity index (χ0v) is 19.6. The fourth-order valence-corrected chi connectivity index (χ4v) is 3.36. The van der Waals surface area contributed by atoms with Crippen LogP contribution in [0.15, 0.2) is 70.7 Å². The summed E-state index contributed by atoms with van der Waals surface area (Å²) in [5.74, 6) is -0.00999. The standard InChI is InChI=1S/C24H17BrCl2N2O2/c1-15-2-4-16(5-3-15)14-31-23-9-6-19(25)11-17(23)10-18(13-28)24(30)29-20-7-8-21(26)22(27)12-20/h2-12H,14H2,1H3,(H,29,30)/b18-10+. The Balaban J connectivity index is 1.82. The van der Waals surface area contributed by atoms with Gasteiger partial charge >= 0.3 is 0 Å². The molecule has 0 saturated carbocycles. The maximum Gasteiger partial charge on any atom is 0.266 e. The number of benzene rings is 3. The van der Waals surface area contributed by atoms with Crippen LogP contribution >= 0.6 is 39.1 Å². The van der Waals surface area contributed by atoms with Crippen LogP contribution in [0.25, 0.3) is 6.08 Å². The topological polar surface area (TPSA) is 62.1 Å². The van der Waals surface area contributed by atoms with Crippen LogP contribution in [-0.2, 0) is 11.4 Å². The molecule has 7 heteroatoms. The van der Waals surface area contributed by atoms with Crippen LogP contribution in [0.1, 0.15) is 16.7 Å². The molecule has 0 unspecified atom stereocenters. The fraction of sp³-hybridized carbons (Fsp3) is 0.0833. The molecule has 1 amide bonds. The van der Waals surface area contributed by atoms with E-state index in [2.05, 4.69) is 21.2 Å². The first kappa shape index (κ1) is 22.9. The van der Waals surface area contributed by atoms with Gasteiger partial charge in [0.05, 0.1) is 10.0 Å². The maximum absolute atomic E-state index is 12.6. The van der Waals surface area contributed by atoms with Crippen LogP contribution in [0, 0.1) is 18.3 Å². The Morgan fingerprint density at radius 3 is 2.52 bits per heavy atom. The molecule has 0 atom stereocenters. The second kappa shape index (κ2) is 10.5. The summed E-state index contributed by atoms with van der Waals surface area (Å²) in [6.07, 6.45) is 1.49. The van der Waals surface area contributed by atoms with Crippen molar-refractivity contribution in [3.05, 3.63) is 97.4 Å². The summed E-state index contributed by atoms with van der Waals surface area (Å²) < 4.78 is 6.75. The van der Waals surface area contributed by atoms with Crippen molar-refractivity contribution in [2.24, 2.45) is 0 Å². The molecule has 3 aromatic carbocycles. The average Bonchev–Trinajstić information content (AvgIpc) is 2.75. The van der Waals surface area contributed by atoms with Crippen molar-refractivity contribution < 1.29 is 9.53 Å². The van der Waals surface area contributed by atoms with Crippen LogP contribution in [0.4, 0.5) is 5.69 Å². The molecule has 0 aliphatic rings. The Bertz CT molecular complexity index is 1190. The van der Waals surface area contributed by atoms with Crippen molar-refractivity contribution in [2.45, 2.75) is 13.5 Å². The molecule has 3 aromatic rings. The highest BCUT2D eigenvalue weighted by Crippen LogP contribution is 2.28. The van der Waals surface area contributed by atoms with Gasteiger partial charge in [-0.2, -0.15) is 5.26 Å². The lowest BCUT2D eigenvalue weighted by molar-refractivity contribution is -0.112. The second-order valence-electron chi connectivity index (χ2n) is 6.71. The van der Waals surface area contributed by atoms with Gasteiger partial charge < -0.3 is 10.1 Å². The van der Waals surface area contributed by atoms with E-state index in [1.54, 1.807) is 24.3 Å². The summed E-state index contributed by atoms with van der Waals surface area (Å²) in [5, 5.41) is 12.9. The van der Waals surface area contributed by atoms with Gasteiger partial charge in [-0.15, -0.1) is 0 Å². The number of hydrogen-bond donors (Lipinski definition) is 1. The first-order valence-corrected chi connectivity index (χ1v) is 10.8. The van der Waals surface area contributed by atoms with E-state index >= 15 is 0 Å². The third-order valence-corrected chi connectivity index (χ3v) is 5.56. The van der Waals surface area contributed by atoms with Crippen LogP contribution in [0.5, 0.6) is 5.75 Å². The van der Waals surface area contributed by atoms with Gasteiger partial charge in [0.15, 0.2) is 0 Å². The van der Waals surface area contributed by atoms with E-state index in [0.717, 1.165) is 10.0 Å². The molecule has 0 aliphatic carbocycles. The van der Waals surface area contributed by atoms with Crippen molar-refractivity contribution in [2.75, 3.05) is 5.32 Å². The van der Waals surface area contributed by atoms with E-state index < -0.39 is 5.91 Å². The van der Waals surface area contributed by atoms with Crippen molar-refractivity contribution in [3.8, 4) is 11.8 Å². The molecule has 0 fully saturated rings. The van der Waals surface area contributed by atoms with Crippen molar-refractivity contribution >= 4 is 56.8 Å². The number of rotatable bonds is 6. The minimum Gasteiger partial charge on any atom is -0.488 e. The summed E-state index contributed by atoms with van der Waals surface area (Å²) in [6.45, 7) is 2.38. The van der Waals surface area contributed by atoms with Gasteiger partial charge in [-0.1, -0.05) is 69.0 Å². The predicted octanol–water partition coefficient (Wildman–Crippen LogP) is 7.19. The number of nitrogens with zero attached hydrogens (tertiary/aromatic N) is 1. The lowest BCUT2D eigenvalue weighted by Gasteiger charge is -2.11. The Hall–Kier alpha value is -2.78. The number of carbonyl (C=O) groups is 1. The highest BCUT2D eigenvalue weighted by molar-refractivity contribution is 9.10. The van der Waals surface area contributed by atoms with E-state index in [0.29, 0.717) is 33.7 Å². The Morgan fingerprint density at radius 1 is 1.10 bits per heavy atom. The fourth-order valence-electron chi connectivity index (χ4n) is 2.69. The monoisotopic (exact) mass is 514 g/mol. The first-order valence-electron chi connectivity index (χ1n) is 9.22. The van der Waals surface area contributed by atoms with Gasteiger partial charge in [0.2, 0.25) is 0 Å². The predicted molar refractivity (Wildman–Crippen MR) is 128 cm³/mol. The number of nitriles is 1. The molecule has 0 radical (unpaired) electrons. The van der Waals surface area contributed by atoms with Crippen LogP contribution < -0.4 is 10.1 Å². The molecule has 0 aromatic heterocycles. The molecule has 4 nitrogen and oxygen atoms in total. The summed E-state index contributed by atoms with van der Waals surface area (Å²) in [7, 11) is 0. The minimum absolute atomic E-state index is 0.0793. The zero-order valence-electron chi connectivity index (χ0n) is 16.5. The van der Waals surface area contributed by atoms with Crippen LogP contribution in [0.3, 0.4) is 0 Å². The summed E-state index contributed by atoms with van der Waals surface area (Å²) in [4.78, 5) is 12.6. The van der Waals surface area contributed by atoms with Gasteiger partial charge in [-0.25, -0.2) is 0 Å². The third kappa shape index (κ3) is 6.35. The van der Waals surface area contributed by atoms with Crippen molar-refractivity contribution in [3.63, 3.8) is 0 Å². The Labute approximate surface area is 199 Å². The lowest BCUT2D eigenvalue weighted by Crippen LogP contribution is -2.13. The van der Waals surface area contributed by atoms with E-state index in [9.17, 15) is 10.1 Å². The molecule has 0 heterocycles. The van der Waals surface area contributed by atoms with E-state index in [1.807, 2.05) is 43.3 Å². The second-order valence-corrected chi connectivity index (χ2v) is 8.44. The molecule has 31 heavy (non-hydrogen) atoms. The highest BCUT2D eigenvalue weighted by Gasteiger charge is 2.13. The number of anilines is 1. The zero-order chi connectivity index (χ0) is 22.4. The minimum atomic E-state index is -0.564. The smallest absolute Gasteiger partial charge is 0.266 e. The molecule has 0 aliphatic heterocycles.